The lowest BCUT2D eigenvalue weighted by atomic mass is 9.71. The van der Waals surface area contributed by atoms with Gasteiger partial charge in [-0.3, -0.25) is 19.2 Å². The van der Waals surface area contributed by atoms with Crippen molar-refractivity contribution in [3.8, 4) is 0 Å². The van der Waals surface area contributed by atoms with Gasteiger partial charge in [0.25, 0.3) is 0 Å². The minimum absolute atomic E-state index is 0.203. The lowest BCUT2D eigenvalue weighted by Gasteiger charge is -2.34. The highest BCUT2D eigenvalue weighted by atomic mass is 16.5. The standard InChI is InChI=1S/C19H32O8/c1-24-15(20)7-5-11-19(13-9-17(22)26-3,14-10-18(23)27-4)12-6-8-16(21)25-2/h5-14H2,1-4H3. The van der Waals surface area contributed by atoms with Crippen LogP contribution in [0.3, 0.4) is 0 Å². The largest absolute Gasteiger partial charge is 0.469 e. The molecule has 0 aromatic heterocycles. The lowest BCUT2D eigenvalue weighted by molar-refractivity contribution is -0.144. The van der Waals surface area contributed by atoms with Crippen LogP contribution in [0, 0.1) is 5.41 Å². The highest BCUT2D eigenvalue weighted by molar-refractivity contribution is 5.70. The summed E-state index contributed by atoms with van der Waals surface area (Å²) in [5, 5.41) is 0. The zero-order chi connectivity index (χ0) is 20.7. The predicted molar refractivity (Wildman–Crippen MR) is 96.7 cm³/mol. The Hall–Kier alpha value is -2.12. The zero-order valence-corrected chi connectivity index (χ0v) is 16.8. The van der Waals surface area contributed by atoms with Crippen LogP contribution < -0.4 is 0 Å². The average molecular weight is 388 g/mol. The Kier molecular flexibility index (Phi) is 12.9. The normalized spacial score (nSPS) is 10.8. The third kappa shape index (κ3) is 11.2. The monoisotopic (exact) mass is 388 g/mol. The Morgan fingerprint density at radius 3 is 1.11 bits per heavy atom. The molecular formula is C19H32O8. The molecular weight excluding hydrogens is 356 g/mol. The van der Waals surface area contributed by atoms with Crippen LogP contribution in [0.5, 0.6) is 0 Å². The van der Waals surface area contributed by atoms with E-state index >= 15 is 0 Å². The van der Waals surface area contributed by atoms with Gasteiger partial charge in [-0.15, -0.1) is 0 Å². The predicted octanol–water partition coefficient (Wildman–Crippen LogP) is 2.57. The number of hydrogen-bond acceptors (Lipinski definition) is 8. The minimum atomic E-state index is -0.385. The molecule has 0 N–H and O–H groups in total. The summed E-state index contributed by atoms with van der Waals surface area (Å²) in [6.07, 6.45) is 4.28. The van der Waals surface area contributed by atoms with E-state index in [1.54, 1.807) is 0 Å². The van der Waals surface area contributed by atoms with Crippen LogP contribution in [0.2, 0.25) is 0 Å². The molecule has 0 heterocycles. The first kappa shape index (κ1) is 24.9. The maximum atomic E-state index is 11.6. The highest BCUT2D eigenvalue weighted by Crippen LogP contribution is 2.41. The first-order valence-corrected chi connectivity index (χ1v) is 9.09. The molecule has 0 aromatic rings. The molecule has 8 nitrogen and oxygen atoms in total. The van der Waals surface area contributed by atoms with E-state index in [2.05, 4.69) is 9.47 Å². The van der Waals surface area contributed by atoms with Crippen molar-refractivity contribution in [3.63, 3.8) is 0 Å². The molecule has 0 unspecified atom stereocenters. The van der Waals surface area contributed by atoms with E-state index in [1.165, 1.54) is 28.4 Å². The van der Waals surface area contributed by atoms with E-state index in [-0.39, 0.29) is 55.0 Å². The van der Waals surface area contributed by atoms with Crippen molar-refractivity contribution in [1.29, 1.82) is 0 Å². The van der Waals surface area contributed by atoms with Gasteiger partial charge in [-0.2, -0.15) is 0 Å². The lowest BCUT2D eigenvalue weighted by Crippen LogP contribution is -2.25. The van der Waals surface area contributed by atoms with Crippen LogP contribution in [-0.2, 0) is 38.1 Å². The van der Waals surface area contributed by atoms with E-state index in [9.17, 15) is 19.2 Å². The van der Waals surface area contributed by atoms with E-state index in [1.807, 2.05) is 0 Å². The van der Waals surface area contributed by atoms with E-state index in [0.717, 1.165) is 0 Å². The van der Waals surface area contributed by atoms with Crippen LogP contribution >= 0.6 is 0 Å². The summed E-state index contributed by atoms with van der Waals surface area (Å²) in [4.78, 5) is 46.2. The van der Waals surface area contributed by atoms with Crippen molar-refractivity contribution in [3.05, 3.63) is 0 Å². The summed E-state index contributed by atoms with van der Waals surface area (Å²) < 4.78 is 18.8. The number of rotatable bonds is 14. The summed E-state index contributed by atoms with van der Waals surface area (Å²) in [6, 6.07) is 0. The van der Waals surface area contributed by atoms with Crippen LogP contribution in [-0.4, -0.2) is 52.3 Å². The van der Waals surface area contributed by atoms with Gasteiger partial charge in [-0.1, -0.05) is 0 Å². The fourth-order valence-electron chi connectivity index (χ4n) is 3.11. The molecule has 0 spiro atoms. The van der Waals surface area contributed by atoms with E-state index in [0.29, 0.717) is 38.5 Å². The van der Waals surface area contributed by atoms with Gasteiger partial charge < -0.3 is 18.9 Å². The SMILES string of the molecule is COC(=O)CCCC(CCCC(=O)OC)(CCC(=O)OC)CCC(=O)OC. The molecule has 0 saturated heterocycles. The van der Waals surface area contributed by atoms with Gasteiger partial charge in [0.15, 0.2) is 0 Å². The molecule has 0 aliphatic heterocycles. The van der Waals surface area contributed by atoms with Crippen molar-refractivity contribution in [2.75, 3.05) is 28.4 Å². The minimum Gasteiger partial charge on any atom is -0.469 e. The van der Waals surface area contributed by atoms with Gasteiger partial charge >= 0.3 is 23.9 Å². The van der Waals surface area contributed by atoms with E-state index < -0.39 is 0 Å². The Balaban J connectivity index is 5.16. The molecule has 27 heavy (non-hydrogen) atoms. The number of carbonyl (C=O) groups excluding carboxylic acids is 4. The van der Waals surface area contributed by atoms with Crippen molar-refractivity contribution in [2.24, 2.45) is 5.41 Å². The molecule has 0 saturated carbocycles. The van der Waals surface area contributed by atoms with Crippen molar-refractivity contribution in [1.82, 2.24) is 0 Å². The van der Waals surface area contributed by atoms with Gasteiger partial charge in [0.05, 0.1) is 28.4 Å². The summed E-state index contributed by atoms with van der Waals surface area (Å²) in [7, 11) is 5.32. The molecule has 0 aliphatic rings. The first-order chi connectivity index (χ1) is 12.8. The second-order valence-electron chi connectivity index (χ2n) is 6.51. The third-order valence-corrected chi connectivity index (χ3v) is 4.81. The molecule has 0 rings (SSSR count). The topological polar surface area (TPSA) is 105 Å². The first-order valence-electron chi connectivity index (χ1n) is 9.09. The molecule has 0 aromatic carbocycles. The van der Waals surface area contributed by atoms with Gasteiger partial charge in [0.2, 0.25) is 0 Å². The maximum absolute atomic E-state index is 11.6. The molecule has 8 heteroatoms. The Bertz CT molecular complexity index is 442. The van der Waals surface area contributed by atoms with Gasteiger partial charge in [0, 0.05) is 25.7 Å². The summed E-state index contributed by atoms with van der Waals surface area (Å²) in [5.74, 6) is -1.28. The summed E-state index contributed by atoms with van der Waals surface area (Å²) in [6.45, 7) is 0. The molecule has 0 aliphatic carbocycles. The Morgan fingerprint density at radius 1 is 0.519 bits per heavy atom. The van der Waals surface area contributed by atoms with Crippen LogP contribution in [0.15, 0.2) is 0 Å². The van der Waals surface area contributed by atoms with Gasteiger partial charge in [-0.05, 0) is 43.9 Å². The fourth-order valence-corrected chi connectivity index (χ4v) is 3.11. The Morgan fingerprint density at radius 2 is 0.815 bits per heavy atom. The van der Waals surface area contributed by atoms with Crippen LogP contribution in [0.4, 0.5) is 0 Å². The van der Waals surface area contributed by atoms with Crippen molar-refractivity contribution >= 4 is 23.9 Å². The molecule has 156 valence electrons. The second kappa shape index (κ2) is 14.0. The smallest absolute Gasteiger partial charge is 0.305 e. The van der Waals surface area contributed by atoms with Crippen molar-refractivity contribution < 1.29 is 38.1 Å². The second-order valence-corrected chi connectivity index (χ2v) is 6.51. The molecule has 0 fully saturated rings. The van der Waals surface area contributed by atoms with Gasteiger partial charge in [0.1, 0.15) is 0 Å². The van der Waals surface area contributed by atoms with Crippen LogP contribution in [0.25, 0.3) is 0 Å². The fraction of sp³-hybridized carbons (Fsp3) is 0.789. The molecule has 0 amide bonds. The number of ether oxygens (including phenoxy) is 4. The Labute approximate surface area is 160 Å². The summed E-state index contributed by atoms with van der Waals surface area (Å²) >= 11 is 0. The number of hydrogen-bond donors (Lipinski definition) is 0. The average Bonchev–Trinajstić information content (AvgIpc) is 2.69. The molecule has 0 bridgehead atoms. The third-order valence-electron chi connectivity index (χ3n) is 4.81. The maximum Gasteiger partial charge on any atom is 0.305 e. The van der Waals surface area contributed by atoms with E-state index in [4.69, 9.17) is 9.47 Å². The molecule has 0 radical (unpaired) electrons. The molecule has 0 atom stereocenters. The number of esters is 4. The van der Waals surface area contributed by atoms with Gasteiger partial charge in [-0.25, -0.2) is 0 Å². The van der Waals surface area contributed by atoms with Crippen LogP contribution in [0.1, 0.15) is 64.2 Å². The highest BCUT2D eigenvalue weighted by Gasteiger charge is 2.31. The quantitative estimate of drug-likeness (QED) is 0.330. The zero-order valence-electron chi connectivity index (χ0n) is 16.8. The number of methoxy groups -OCH3 is 4. The van der Waals surface area contributed by atoms with Crippen molar-refractivity contribution in [2.45, 2.75) is 64.2 Å². The number of carbonyl (C=O) groups is 4. The summed E-state index contributed by atoms with van der Waals surface area (Å²) in [5.41, 5.74) is -0.385.